The predicted molar refractivity (Wildman–Crippen MR) is 70.4 cm³/mol. The van der Waals surface area contributed by atoms with Gasteiger partial charge in [0.2, 0.25) is 0 Å². The molecule has 1 unspecified atom stereocenters. The van der Waals surface area contributed by atoms with Gasteiger partial charge in [0, 0.05) is 19.1 Å². The van der Waals surface area contributed by atoms with Crippen LogP contribution in [0.5, 0.6) is 0 Å². The molecule has 0 aliphatic carbocycles. The van der Waals surface area contributed by atoms with Crippen molar-refractivity contribution in [3.63, 3.8) is 0 Å². The maximum Gasteiger partial charge on any atom is 0.320 e. The van der Waals surface area contributed by atoms with Crippen LogP contribution in [0.4, 0.5) is 0 Å². The van der Waals surface area contributed by atoms with E-state index < -0.39 is 5.60 Å². The molecule has 0 aromatic heterocycles. The van der Waals surface area contributed by atoms with Gasteiger partial charge in [-0.1, -0.05) is 0 Å². The average Bonchev–Trinajstić information content (AvgIpc) is 2.67. The fourth-order valence-corrected chi connectivity index (χ4v) is 2.16. The van der Waals surface area contributed by atoms with Gasteiger partial charge in [-0.05, 0) is 40.2 Å². The van der Waals surface area contributed by atoms with Crippen LogP contribution in [-0.4, -0.2) is 60.4 Å². The van der Waals surface area contributed by atoms with Gasteiger partial charge < -0.3 is 15.2 Å². The number of ether oxygens (including phenoxy) is 1. The highest BCUT2D eigenvalue weighted by atomic mass is 16.6. The van der Waals surface area contributed by atoms with Crippen molar-refractivity contribution in [3.05, 3.63) is 0 Å². The van der Waals surface area contributed by atoms with E-state index in [1.807, 2.05) is 25.7 Å². The van der Waals surface area contributed by atoms with Crippen LogP contribution in [0.2, 0.25) is 0 Å². The summed E-state index contributed by atoms with van der Waals surface area (Å²) < 4.78 is 5.30. The van der Waals surface area contributed by atoms with E-state index in [0.717, 1.165) is 19.5 Å². The van der Waals surface area contributed by atoms with Crippen molar-refractivity contribution in [2.75, 3.05) is 32.8 Å². The van der Waals surface area contributed by atoms with Crippen LogP contribution in [0.15, 0.2) is 0 Å². The van der Waals surface area contributed by atoms with Crippen LogP contribution >= 0.6 is 0 Å². The third-order valence-electron chi connectivity index (χ3n) is 2.83. The molecule has 1 atom stereocenters. The van der Waals surface area contributed by atoms with E-state index in [-0.39, 0.29) is 19.1 Å². The number of esters is 1. The minimum Gasteiger partial charge on any atom is -0.459 e. The van der Waals surface area contributed by atoms with E-state index in [4.69, 9.17) is 9.84 Å². The zero-order chi connectivity index (χ0) is 13.6. The van der Waals surface area contributed by atoms with Gasteiger partial charge in [0.25, 0.3) is 0 Å². The normalized spacial score (nSPS) is 20.4. The monoisotopic (exact) mass is 258 g/mol. The number of carbonyl (C=O) groups is 1. The van der Waals surface area contributed by atoms with E-state index >= 15 is 0 Å². The van der Waals surface area contributed by atoms with Crippen LogP contribution in [-0.2, 0) is 9.53 Å². The van der Waals surface area contributed by atoms with Crippen molar-refractivity contribution in [1.29, 1.82) is 0 Å². The fraction of sp³-hybridized carbons (Fsp3) is 0.923. The third kappa shape index (κ3) is 6.33. The third-order valence-corrected chi connectivity index (χ3v) is 2.83. The van der Waals surface area contributed by atoms with Gasteiger partial charge in [0.1, 0.15) is 5.60 Å². The Hall–Kier alpha value is -0.650. The first-order valence-corrected chi connectivity index (χ1v) is 6.69. The summed E-state index contributed by atoms with van der Waals surface area (Å²) in [6.45, 7) is 8.24. The minimum atomic E-state index is -0.451. The number of hydrogen-bond donors (Lipinski definition) is 2. The molecule has 0 amide bonds. The van der Waals surface area contributed by atoms with Gasteiger partial charge in [0.05, 0.1) is 13.2 Å². The van der Waals surface area contributed by atoms with Crippen LogP contribution < -0.4 is 5.32 Å². The average molecular weight is 258 g/mol. The molecule has 1 aliphatic rings. The van der Waals surface area contributed by atoms with E-state index in [9.17, 15) is 4.79 Å². The molecule has 1 aliphatic heterocycles. The first-order valence-electron chi connectivity index (χ1n) is 6.69. The zero-order valence-electron chi connectivity index (χ0n) is 11.7. The summed E-state index contributed by atoms with van der Waals surface area (Å²) in [5.74, 6) is -0.228. The summed E-state index contributed by atoms with van der Waals surface area (Å²) in [5, 5.41) is 12.4. The molecule has 1 rings (SSSR count). The summed E-state index contributed by atoms with van der Waals surface area (Å²) in [6.07, 6.45) is 2.32. The van der Waals surface area contributed by atoms with Crippen LogP contribution in [0.25, 0.3) is 0 Å². The van der Waals surface area contributed by atoms with Crippen LogP contribution in [0, 0.1) is 0 Å². The molecular formula is C13H26N2O3. The summed E-state index contributed by atoms with van der Waals surface area (Å²) in [6, 6.07) is 0.430. The second-order valence-corrected chi connectivity index (χ2v) is 5.84. The largest absolute Gasteiger partial charge is 0.459 e. The van der Waals surface area contributed by atoms with Gasteiger partial charge in [-0.15, -0.1) is 0 Å². The van der Waals surface area contributed by atoms with Gasteiger partial charge in [-0.2, -0.15) is 0 Å². The SMILES string of the molecule is CC(C)(C)OC(=O)CN(CCO)CC1CCCN1. The summed E-state index contributed by atoms with van der Waals surface area (Å²) in [7, 11) is 0. The number of aliphatic hydroxyl groups excluding tert-OH is 1. The lowest BCUT2D eigenvalue weighted by molar-refractivity contribution is -0.156. The molecule has 5 heteroatoms. The highest BCUT2D eigenvalue weighted by Gasteiger charge is 2.22. The molecule has 1 fully saturated rings. The molecule has 0 aromatic rings. The number of nitrogens with one attached hydrogen (secondary N) is 1. The van der Waals surface area contributed by atoms with E-state index in [1.54, 1.807) is 0 Å². The van der Waals surface area contributed by atoms with Crippen molar-refractivity contribution in [2.24, 2.45) is 0 Å². The fourth-order valence-electron chi connectivity index (χ4n) is 2.16. The molecule has 18 heavy (non-hydrogen) atoms. The Morgan fingerprint density at radius 3 is 2.72 bits per heavy atom. The maximum absolute atomic E-state index is 11.8. The van der Waals surface area contributed by atoms with Crippen molar-refractivity contribution in [1.82, 2.24) is 10.2 Å². The van der Waals surface area contributed by atoms with Gasteiger partial charge in [-0.25, -0.2) is 0 Å². The van der Waals surface area contributed by atoms with E-state index in [1.165, 1.54) is 6.42 Å². The Bertz CT molecular complexity index is 257. The summed E-state index contributed by atoms with van der Waals surface area (Å²) in [4.78, 5) is 13.7. The quantitative estimate of drug-likeness (QED) is 0.674. The number of carbonyl (C=O) groups excluding carboxylic acids is 1. The van der Waals surface area contributed by atoms with E-state index in [0.29, 0.717) is 12.6 Å². The van der Waals surface area contributed by atoms with Crippen LogP contribution in [0.3, 0.4) is 0 Å². The molecule has 0 bridgehead atoms. The minimum absolute atomic E-state index is 0.0650. The van der Waals surface area contributed by atoms with Crippen molar-refractivity contribution < 1.29 is 14.6 Å². The second-order valence-electron chi connectivity index (χ2n) is 5.84. The molecule has 1 saturated heterocycles. The van der Waals surface area contributed by atoms with E-state index in [2.05, 4.69) is 5.32 Å². The zero-order valence-corrected chi connectivity index (χ0v) is 11.7. The highest BCUT2D eigenvalue weighted by molar-refractivity contribution is 5.72. The molecule has 0 aromatic carbocycles. The van der Waals surface area contributed by atoms with Gasteiger partial charge >= 0.3 is 5.97 Å². The standard InChI is InChI=1S/C13H26N2O3/c1-13(2,3)18-12(17)10-15(7-8-16)9-11-5-4-6-14-11/h11,14,16H,4-10H2,1-3H3. The Balaban J connectivity index is 2.38. The molecule has 0 radical (unpaired) electrons. The number of aliphatic hydroxyl groups is 1. The molecule has 0 spiro atoms. The van der Waals surface area contributed by atoms with Gasteiger partial charge in [0.15, 0.2) is 0 Å². The number of hydrogen-bond acceptors (Lipinski definition) is 5. The Labute approximate surface area is 109 Å². The lowest BCUT2D eigenvalue weighted by atomic mass is 10.2. The lowest BCUT2D eigenvalue weighted by Crippen LogP contribution is -2.43. The van der Waals surface area contributed by atoms with Gasteiger partial charge in [-0.3, -0.25) is 9.69 Å². The van der Waals surface area contributed by atoms with Crippen LogP contribution in [0.1, 0.15) is 33.6 Å². The summed E-state index contributed by atoms with van der Waals surface area (Å²) >= 11 is 0. The first kappa shape index (κ1) is 15.4. The topological polar surface area (TPSA) is 61.8 Å². The number of nitrogens with zero attached hydrogens (tertiary/aromatic N) is 1. The maximum atomic E-state index is 11.8. The molecule has 5 nitrogen and oxygen atoms in total. The molecule has 2 N–H and O–H groups in total. The molecular weight excluding hydrogens is 232 g/mol. The van der Waals surface area contributed by atoms with Crippen molar-refractivity contribution >= 4 is 5.97 Å². The predicted octanol–water partition coefficient (Wildman–Crippen LogP) is 0.374. The molecule has 1 heterocycles. The summed E-state index contributed by atoms with van der Waals surface area (Å²) in [5.41, 5.74) is -0.451. The Morgan fingerprint density at radius 2 is 2.22 bits per heavy atom. The first-order chi connectivity index (χ1) is 8.40. The molecule has 0 saturated carbocycles. The van der Waals surface area contributed by atoms with Crippen molar-refractivity contribution in [3.8, 4) is 0 Å². The lowest BCUT2D eigenvalue weighted by Gasteiger charge is -2.26. The highest BCUT2D eigenvalue weighted by Crippen LogP contribution is 2.09. The van der Waals surface area contributed by atoms with Crippen molar-refractivity contribution in [2.45, 2.75) is 45.3 Å². The Kier molecular flexibility index (Phi) is 6.05. The second kappa shape index (κ2) is 7.07. The number of rotatable bonds is 6. The molecule has 106 valence electrons. The Morgan fingerprint density at radius 1 is 1.50 bits per heavy atom. The smallest absolute Gasteiger partial charge is 0.320 e.